The largest absolute Gasteiger partial charge is 0.444 e. The highest BCUT2D eigenvalue weighted by molar-refractivity contribution is 5.93. The Hall–Kier alpha value is -2.61. The SMILES string of the molecule is CC(C)(C)OC(=O)NCCC(=O)Nc1cc(CO)ccc1OC(=O)C(C)(C)C. The summed E-state index contributed by atoms with van der Waals surface area (Å²) in [6, 6.07) is 4.65. The Morgan fingerprint density at radius 1 is 1.07 bits per heavy atom. The highest BCUT2D eigenvalue weighted by Crippen LogP contribution is 2.28. The van der Waals surface area contributed by atoms with Crippen LogP contribution in [0.3, 0.4) is 0 Å². The maximum absolute atomic E-state index is 12.2. The van der Waals surface area contributed by atoms with Crippen molar-refractivity contribution >= 4 is 23.7 Å². The lowest BCUT2D eigenvalue weighted by molar-refractivity contribution is -0.143. The summed E-state index contributed by atoms with van der Waals surface area (Å²) < 4.78 is 10.5. The molecular formula is C20H30N2O6. The molecule has 1 rings (SSSR count). The van der Waals surface area contributed by atoms with Crippen molar-refractivity contribution in [1.82, 2.24) is 5.32 Å². The Morgan fingerprint density at radius 2 is 1.71 bits per heavy atom. The van der Waals surface area contributed by atoms with Crippen LogP contribution in [0.5, 0.6) is 5.75 Å². The molecule has 0 radical (unpaired) electrons. The number of hydrogen-bond acceptors (Lipinski definition) is 6. The van der Waals surface area contributed by atoms with Crippen LogP contribution in [0.1, 0.15) is 53.5 Å². The van der Waals surface area contributed by atoms with Crippen LogP contribution in [0, 0.1) is 5.41 Å². The van der Waals surface area contributed by atoms with Gasteiger partial charge in [0.2, 0.25) is 5.91 Å². The minimum atomic E-state index is -0.714. The Bertz CT molecular complexity index is 716. The monoisotopic (exact) mass is 394 g/mol. The molecule has 0 saturated heterocycles. The van der Waals surface area contributed by atoms with Crippen LogP contribution in [0.4, 0.5) is 10.5 Å². The lowest BCUT2D eigenvalue weighted by Gasteiger charge is -2.20. The summed E-state index contributed by atoms with van der Waals surface area (Å²) in [6.07, 6.45) is -0.614. The van der Waals surface area contributed by atoms with E-state index in [1.165, 1.54) is 12.1 Å². The number of amides is 2. The average Bonchev–Trinajstić information content (AvgIpc) is 2.53. The van der Waals surface area contributed by atoms with Gasteiger partial charge in [-0.3, -0.25) is 9.59 Å². The predicted octanol–water partition coefficient (Wildman–Crippen LogP) is 2.98. The number of carbonyl (C=O) groups is 3. The standard InChI is InChI=1S/C20H30N2O6/c1-19(2,3)17(25)27-15-8-7-13(12-23)11-14(15)22-16(24)9-10-21-18(26)28-20(4,5)6/h7-8,11,23H,9-10,12H2,1-6H3,(H,21,26)(H,22,24). The normalized spacial score (nSPS) is 11.5. The number of aliphatic hydroxyl groups excluding tert-OH is 1. The second-order valence-electron chi connectivity index (χ2n) is 8.35. The predicted molar refractivity (Wildman–Crippen MR) is 105 cm³/mol. The van der Waals surface area contributed by atoms with Crippen molar-refractivity contribution < 1.29 is 29.0 Å². The molecule has 0 spiro atoms. The number of benzene rings is 1. The van der Waals surface area contributed by atoms with Gasteiger partial charge in [0.1, 0.15) is 5.60 Å². The molecular weight excluding hydrogens is 364 g/mol. The van der Waals surface area contributed by atoms with Gasteiger partial charge in [0, 0.05) is 13.0 Å². The highest BCUT2D eigenvalue weighted by Gasteiger charge is 2.25. The number of nitrogens with one attached hydrogen (secondary N) is 2. The van der Waals surface area contributed by atoms with Gasteiger partial charge in [0.05, 0.1) is 17.7 Å². The number of anilines is 1. The minimum Gasteiger partial charge on any atom is -0.444 e. The van der Waals surface area contributed by atoms with Gasteiger partial charge in [-0.05, 0) is 59.2 Å². The molecule has 1 aromatic rings. The van der Waals surface area contributed by atoms with E-state index in [9.17, 15) is 19.5 Å². The number of aliphatic hydroxyl groups is 1. The Balaban J connectivity index is 2.74. The molecule has 28 heavy (non-hydrogen) atoms. The van der Waals surface area contributed by atoms with E-state index >= 15 is 0 Å². The Kier molecular flexibility index (Phi) is 7.99. The number of esters is 1. The fraction of sp³-hybridized carbons (Fsp3) is 0.550. The van der Waals surface area contributed by atoms with E-state index in [1.54, 1.807) is 47.6 Å². The third-order valence-corrected chi connectivity index (χ3v) is 3.34. The Labute approximate surface area is 165 Å². The van der Waals surface area contributed by atoms with Gasteiger partial charge in [0.25, 0.3) is 0 Å². The quantitative estimate of drug-likeness (QED) is 0.505. The van der Waals surface area contributed by atoms with Crippen molar-refractivity contribution in [2.24, 2.45) is 5.41 Å². The first kappa shape index (κ1) is 23.4. The number of alkyl carbamates (subject to hydrolysis) is 1. The number of ether oxygens (including phenoxy) is 2. The number of hydrogen-bond donors (Lipinski definition) is 3. The number of carbonyl (C=O) groups excluding carboxylic acids is 3. The summed E-state index contributed by atoms with van der Waals surface area (Å²) in [6.45, 7) is 10.2. The lowest BCUT2D eigenvalue weighted by atomic mass is 9.97. The van der Waals surface area contributed by atoms with Gasteiger partial charge in [-0.1, -0.05) is 6.07 Å². The van der Waals surface area contributed by atoms with Gasteiger partial charge in [-0.2, -0.15) is 0 Å². The van der Waals surface area contributed by atoms with Gasteiger partial charge < -0.3 is 25.2 Å². The summed E-state index contributed by atoms with van der Waals surface area (Å²) in [5.41, 5.74) is -0.513. The molecule has 8 heteroatoms. The van der Waals surface area contributed by atoms with Crippen molar-refractivity contribution in [3.8, 4) is 5.75 Å². The van der Waals surface area contributed by atoms with Crippen LogP contribution in [0.25, 0.3) is 0 Å². The summed E-state index contributed by atoms with van der Waals surface area (Å²) in [7, 11) is 0. The van der Waals surface area contributed by atoms with Crippen molar-refractivity contribution in [3.05, 3.63) is 23.8 Å². The molecule has 1 aromatic carbocycles. The molecule has 0 fully saturated rings. The summed E-state index contributed by atoms with van der Waals surface area (Å²) >= 11 is 0. The second-order valence-corrected chi connectivity index (χ2v) is 8.35. The summed E-state index contributed by atoms with van der Waals surface area (Å²) in [5, 5.41) is 14.5. The van der Waals surface area contributed by atoms with Crippen molar-refractivity contribution in [2.45, 2.75) is 60.2 Å². The van der Waals surface area contributed by atoms with Crippen LogP contribution in [-0.2, 0) is 20.9 Å². The third-order valence-electron chi connectivity index (χ3n) is 3.34. The average molecular weight is 394 g/mol. The molecule has 0 atom stereocenters. The zero-order valence-corrected chi connectivity index (χ0v) is 17.3. The zero-order valence-electron chi connectivity index (χ0n) is 17.3. The van der Waals surface area contributed by atoms with Gasteiger partial charge in [-0.25, -0.2) is 4.79 Å². The molecule has 0 saturated carbocycles. The van der Waals surface area contributed by atoms with Crippen LogP contribution in [-0.4, -0.2) is 35.2 Å². The molecule has 0 unspecified atom stereocenters. The first-order chi connectivity index (χ1) is 12.8. The first-order valence-electron chi connectivity index (χ1n) is 9.04. The van der Waals surface area contributed by atoms with Gasteiger partial charge >= 0.3 is 12.1 Å². The van der Waals surface area contributed by atoms with E-state index in [0.29, 0.717) is 5.56 Å². The maximum atomic E-state index is 12.2. The minimum absolute atomic E-state index is 0.00471. The molecule has 3 N–H and O–H groups in total. The van der Waals surface area contributed by atoms with Crippen LogP contribution in [0.15, 0.2) is 18.2 Å². The van der Waals surface area contributed by atoms with Crippen molar-refractivity contribution in [2.75, 3.05) is 11.9 Å². The molecule has 0 aliphatic heterocycles. The molecule has 156 valence electrons. The molecule has 0 heterocycles. The molecule has 0 aliphatic rings. The highest BCUT2D eigenvalue weighted by atomic mass is 16.6. The van der Waals surface area contributed by atoms with E-state index < -0.39 is 23.1 Å². The second kappa shape index (κ2) is 9.54. The molecule has 0 bridgehead atoms. The molecule has 0 aromatic heterocycles. The van der Waals surface area contributed by atoms with Crippen LogP contribution in [0.2, 0.25) is 0 Å². The summed E-state index contributed by atoms with van der Waals surface area (Å²) in [4.78, 5) is 36.0. The van der Waals surface area contributed by atoms with E-state index in [-0.39, 0.29) is 36.9 Å². The van der Waals surface area contributed by atoms with E-state index in [4.69, 9.17) is 9.47 Å². The van der Waals surface area contributed by atoms with Crippen LogP contribution >= 0.6 is 0 Å². The Morgan fingerprint density at radius 3 is 2.25 bits per heavy atom. The van der Waals surface area contributed by atoms with Crippen molar-refractivity contribution in [1.29, 1.82) is 0 Å². The van der Waals surface area contributed by atoms with E-state index in [1.807, 2.05) is 0 Å². The van der Waals surface area contributed by atoms with Crippen molar-refractivity contribution in [3.63, 3.8) is 0 Å². The van der Waals surface area contributed by atoms with Gasteiger partial charge in [-0.15, -0.1) is 0 Å². The molecule has 0 aliphatic carbocycles. The van der Waals surface area contributed by atoms with Gasteiger partial charge in [0.15, 0.2) is 5.75 Å². The third kappa shape index (κ3) is 8.39. The van der Waals surface area contributed by atoms with E-state index in [2.05, 4.69) is 10.6 Å². The molecule has 2 amide bonds. The zero-order chi connectivity index (χ0) is 21.5. The topological polar surface area (TPSA) is 114 Å². The maximum Gasteiger partial charge on any atom is 0.407 e. The fourth-order valence-corrected chi connectivity index (χ4v) is 1.92. The molecule has 8 nitrogen and oxygen atoms in total. The fourth-order valence-electron chi connectivity index (χ4n) is 1.92. The van der Waals surface area contributed by atoms with Crippen LogP contribution < -0.4 is 15.4 Å². The first-order valence-corrected chi connectivity index (χ1v) is 9.04. The number of rotatable bonds is 6. The summed E-state index contributed by atoms with van der Waals surface area (Å²) in [5.74, 6) is -0.656. The lowest BCUT2D eigenvalue weighted by Crippen LogP contribution is -2.34. The van der Waals surface area contributed by atoms with E-state index in [0.717, 1.165) is 0 Å². The smallest absolute Gasteiger partial charge is 0.407 e.